The summed E-state index contributed by atoms with van der Waals surface area (Å²) in [5.41, 5.74) is 2.39. The van der Waals surface area contributed by atoms with Crippen LogP contribution in [0.3, 0.4) is 0 Å². The molecule has 0 aliphatic rings. The summed E-state index contributed by atoms with van der Waals surface area (Å²) in [5.74, 6) is -0.148. The highest BCUT2D eigenvalue weighted by molar-refractivity contribution is 7.14. The fourth-order valence-electron chi connectivity index (χ4n) is 1.74. The van der Waals surface area contributed by atoms with E-state index in [1.165, 1.54) is 11.3 Å². The van der Waals surface area contributed by atoms with E-state index in [2.05, 4.69) is 36.4 Å². The third kappa shape index (κ3) is 3.17. The van der Waals surface area contributed by atoms with E-state index in [9.17, 15) is 4.79 Å². The van der Waals surface area contributed by atoms with E-state index in [0.717, 1.165) is 11.4 Å². The molecule has 0 aliphatic carbocycles. The fraction of sp³-hybridized carbons (Fsp3) is 0.333. The zero-order valence-corrected chi connectivity index (χ0v) is 13.0. The van der Waals surface area contributed by atoms with Gasteiger partial charge in [-0.2, -0.15) is 0 Å². The van der Waals surface area contributed by atoms with Crippen LogP contribution in [0.5, 0.6) is 0 Å². The first-order chi connectivity index (χ1) is 9.41. The van der Waals surface area contributed by atoms with Crippen molar-refractivity contribution >= 4 is 28.1 Å². The summed E-state index contributed by atoms with van der Waals surface area (Å²) >= 11 is 1.45. The lowest BCUT2D eigenvalue weighted by Gasteiger charge is -2.14. The Hall–Kier alpha value is -1.88. The summed E-state index contributed by atoms with van der Waals surface area (Å²) < 4.78 is 0. The highest BCUT2D eigenvalue weighted by Crippen LogP contribution is 2.27. The molecule has 5 heteroatoms. The topological polar surface area (TPSA) is 54.0 Å². The van der Waals surface area contributed by atoms with Gasteiger partial charge in [-0.1, -0.05) is 32.9 Å². The molecule has 106 valence electrons. The molecule has 0 bridgehead atoms. The summed E-state index contributed by atoms with van der Waals surface area (Å²) in [7, 11) is 1.80. The van der Waals surface area contributed by atoms with E-state index in [0.29, 0.717) is 10.7 Å². The molecular formula is C15H19N3OS. The Balaban J connectivity index is 2.18. The van der Waals surface area contributed by atoms with Crippen molar-refractivity contribution in [2.75, 3.05) is 17.7 Å². The van der Waals surface area contributed by atoms with E-state index in [-0.39, 0.29) is 11.3 Å². The van der Waals surface area contributed by atoms with Crippen LogP contribution in [-0.4, -0.2) is 17.9 Å². The van der Waals surface area contributed by atoms with Gasteiger partial charge in [-0.3, -0.25) is 10.1 Å². The van der Waals surface area contributed by atoms with Crippen molar-refractivity contribution in [3.05, 3.63) is 40.9 Å². The Bertz CT molecular complexity index is 614. The Labute approximate surface area is 123 Å². The van der Waals surface area contributed by atoms with Crippen LogP contribution in [0.4, 0.5) is 10.8 Å². The molecular weight excluding hydrogens is 270 g/mol. The van der Waals surface area contributed by atoms with Gasteiger partial charge in [-0.05, 0) is 12.1 Å². The van der Waals surface area contributed by atoms with E-state index in [4.69, 9.17) is 0 Å². The number of amides is 1. The first-order valence-corrected chi connectivity index (χ1v) is 7.34. The number of anilines is 2. The lowest BCUT2D eigenvalue weighted by atomic mass is 9.93. The normalized spacial score (nSPS) is 11.2. The predicted molar refractivity (Wildman–Crippen MR) is 84.8 cm³/mol. The molecule has 4 nitrogen and oxygen atoms in total. The van der Waals surface area contributed by atoms with E-state index in [1.807, 2.05) is 23.6 Å². The molecule has 1 aromatic carbocycles. The Morgan fingerprint density at radius 3 is 2.55 bits per heavy atom. The van der Waals surface area contributed by atoms with E-state index in [1.54, 1.807) is 13.1 Å². The largest absolute Gasteiger partial charge is 0.387 e. The second kappa shape index (κ2) is 5.63. The van der Waals surface area contributed by atoms with E-state index < -0.39 is 0 Å². The number of carbonyl (C=O) groups is 1. The van der Waals surface area contributed by atoms with Crippen molar-refractivity contribution in [2.45, 2.75) is 26.2 Å². The maximum absolute atomic E-state index is 12.3. The number of hydrogen-bond donors (Lipinski definition) is 2. The second-order valence-corrected chi connectivity index (χ2v) is 6.40. The average Bonchev–Trinajstić information content (AvgIpc) is 2.87. The molecule has 0 saturated carbocycles. The minimum Gasteiger partial charge on any atom is -0.387 e. The molecule has 2 rings (SSSR count). The number of rotatable bonds is 3. The van der Waals surface area contributed by atoms with Crippen molar-refractivity contribution in [1.29, 1.82) is 0 Å². The molecule has 2 N–H and O–H groups in total. The lowest BCUT2D eigenvalue weighted by molar-refractivity contribution is 0.102. The molecule has 0 atom stereocenters. The van der Waals surface area contributed by atoms with Crippen LogP contribution in [-0.2, 0) is 5.41 Å². The van der Waals surface area contributed by atoms with Crippen LogP contribution in [0.1, 0.15) is 36.8 Å². The van der Waals surface area contributed by atoms with Crippen molar-refractivity contribution in [2.24, 2.45) is 0 Å². The summed E-state index contributed by atoms with van der Waals surface area (Å²) in [6.45, 7) is 6.30. The highest BCUT2D eigenvalue weighted by Gasteiger charge is 2.18. The quantitative estimate of drug-likeness (QED) is 0.905. The number of hydrogen-bond acceptors (Lipinski definition) is 4. The molecule has 2 aromatic rings. The van der Waals surface area contributed by atoms with Crippen molar-refractivity contribution in [3.63, 3.8) is 0 Å². The maximum Gasteiger partial charge on any atom is 0.259 e. The fourth-order valence-corrected chi connectivity index (χ4v) is 2.67. The van der Waals surface area contributed by atoms with Gasteiger partial charge in [0.05, 0.1) is 11.3 Å². The first-order valence-electron chi connectivity index (χ1n) is 6.46. The molecule has 20 heavy (non-hydrogen) atoms. The van der Waals surface area contributed by atoms with Crippen molar-refractivity contribution in [1.82, 2.24) is 4.98 Å². The van der Waals surface area contributed by atoms with Gasteiger partial charge in [-0.25, -0.2) is 4.98 Å². The smallest absolute Gasteiger partial charge is 0.259 e. The van der Waals surface area contributed by atoms with Gasteiger partial charge in [0.15, 0.2) is 5.13 Å². The van der Waals surface area contributed by atoms with Crippen LogP contribution in [0, 0.1) is 0 Å². The van der Waals surface area contributed by atoms with Gasteiger partial charge < -0.3 is 5.32 Å². The molecule has 0 spiro atoms. The van der Waals surface area contributed by atoms with E-state index >= 15 is 0 Å². The maximum atomic E-state index is 12.3. The van der Waals surface area contributed by atoms with Crippen molar-refractivity contribution in [3.8, 4) is 0 Å². The van der Waals surface area contributed by atoms with Crippen LogP contribution in [0.2, 0.25) is 0 Å². The Morgan fingerprint density at radius 1 is 1.25 bits per heavy atom. The summed E-state index contributed by atoms with van der Waals surface area (Å²) in [5, 5.41) is 8.48. The minimum absolute atomic E-state index is 0.0115. The van der Waals surface area contributed by atoms with Gasteiger partial charge in [0.2, 0.25) is 0 Å². The third-order valence-electron chi connectivity index (χ3n) is 2.93. The van der Waals surface area contributed by atoms with Crippen LogP contribution in [0.15, 0.2) is 29.6 Å². The zero-order valence-electron chi connectivity index (χ0n) is 12.2. The Morgan fingerprint density at radius 2 is 1.95 bits per heavy atom. The summed E-state index contributed by atoms with van der Waals surface area (Å²) in [4.78, 5) is 16.7. The standard InChI is InChI=1S/C15H19N3OS/c1-15(2,3)12-9-20-14(17-12)18-13(19)10-7-5-6-8-11(10)16-4/h5-9,16H,1-4H3,(H,17,18,19). The zero-order chi connectivity index (χ0) is 14.8. The highest BCUT2D eigenvalue weighted by atomic mass is 32.1. The van der Waals surface area contributed by atoms with Crippen LogP contribution in [0.25, 0.3) is 0 Å². The number of nitrogens with zero attached hydrogens (tertiary/aromatic N) is 1. The van der Waals surface area contributed by atoms with Crippen LogP contribution < -0.4 is 10.6 Å². The minimum atomic E-state index is -0.148. The second-order valence-electron chi connectivity index (χ2n) is 5.54. The molecule has 1 heterocycles. The van der Waals surface area contributed by atoms with Gasteiger partial charge in [-0.15, -0.1) is 11.3 Å². The molecule has 0 unspecified atom stereocenters. The van der Waals surface area contributed by atoms with Crippen LogP contribution >= 0.6 is 11.3 Å². The first kappa shape index (κ1) is 14.5. The molecule has 1 amide bonds. The van der Waals surface area contributed by atoms with Gasteiger partial charge >= 0.3 is 0 Å². The number of para-hydroxylation sites is 1. The number of nitrogens with one attached hydrogen (secondary N) is 2. The average molecular weight is 289 g/mol. The predicted octanol–water partition coefficient (Wildman–Crippen LogP) is 3.73. The summed E-state index contributed by atoms with van der Waals surface area (Å²) in [6, 6.07) is 7.40. The molecule has 0 aliphatic heterocycles. The molecule has 0 fully saturated rings. The SMILES string of the molecule is CNc1ccccc1C(=O)Nc1nc(C(C)(C)C)cs1. The monoisotopic (exact) mass is 289 g/mol. The molecule has 0 radical (unpaired) electrons. The lowest BCUT2D eigenvalue weighted by Crippen LogP contribution is -2.15. The Kier molecular flexibility index (Phi) is 4.09. The van der Waals surface area contributed by atoms with Gasteiger partial charge in [0.1, 0.15) is 0 Å². The number of carbonyl (C=O) groups excluding carboxylic acids is 1. The van der Waals surface area contributed by atoms with Crippen molar-refractivity contribution < 1.29 is 4.79 Å². The number of aromatic nitrogens is 1. The van der Waals surface area contributed by atoms with Gasteiger partial charge in [0.25, 0.3) is 5.91 Å². The number of thiazole rings is 1. The summed E-state index contributed by atoms with van der Waals surface area (Å²) in [6.07, 6.45) is 0. The third-order valence-corrected chi connectivity index (χ3v) is 3.69. The van der Waals surface area contributed by atoms with Gasteiger partial charge in [0, 0.05) is 23.5 Å². The molecule has 0 saturated heterocycles. The molecule has 1 aromatic heterocycles. The number of benzene rings is 1.